The van der Waals surface area contributed by atoms with Crippen molar-refractivity contribution in [3.05, 3.63) is 11.9 Å². The van der Waals surface area contributed by atoms with Crippen molar-refractivity contribution in [2.45, 2.75) is 13.5 Å². The Kier molecular flexibility index (Phi) is 14.8. The minimum atomic E-state index is -0.0200. The first-order valence-electron chi connectivity index (χ1n) is 8.79. The fourth-order valence-electron chi connectivity index (χ4n) is 1.84. The fraction of sp³-hybridized carbons (Fsp3) is 0.812. The second kappa shape index (κ2) is 16.5. The molecule has 1 N–H and O–H groups in total. The van der Waals surface area contributed by atoms with Gasteiger partial charge in [0.1, 0.15) is 5.69 Å². The largest absolute Gasteiger partial charge is 0.378 e. The molecule has 0 radical (unpaired) electrons. The number of aromatic nitrogens is 3. The van der Waals surface area contributed by atoms with Crippen LogP contribution in [-0.4, -0.2) is 91.1 Å². The molecule has 0 bridgehead atoms. The van der Waals surface area contributed by atoms with Crippen LogP contribution in [-0.2, 0) is 25.5 Å². The van der Waals surface area contributed by atoms with Crippen LogP contribution in [0.2, 0.25) is 0 Å². The van der Waals surface area contributed by atoms with Gasteiger partial charge in [0.2, 0.25) is 0 Å². The van der Waals surface area contributed by atoms with Gasteiger partial charge < -0.3 is 24.3 Å². The van der Waals surface area contributed by atoms with E-state index in [1.54, 1.807) is 10.9 Å². The van der Waals surface area contributed by atoms with Crippen LogP contribution in [0.25, 0.3) is 0 Å². The highest BCUT2D eigenvalue weighted by Gasteiger charge is 2.08. The number of nitrogens with one attached hydrogen (secondary N) is 1. The Morgan fingerprint density at radius 3 is 2.19 bits per heavy atom. The molecule has 0 aliphatic heterocycles. The van der Waals surface area contributed by atoms with Crippen molar-refractivity contribution in [3.8, 4) is 0 Å². The number of hydrogen-bond acceptors (Lipinski definition) is 8. The zero-order chi connectivity index (χ0) is 18.9. The zero-order valence-electron chi connectivity index (χ0n) is 15.3. The quantitative estimate of drug-likeness (QED) is 0.140. The summed E-state index contributed by atoms with van der Waals surface area (Å²) in [6.07, 6.45) is 1.64. The Labute approximate surface area is 168 Å². The third-order valence-electron chi connectivity index (χ3n) is 3.20. The van der Waals surface area contributed by atoms with E-state index in [1.807, 2.05) is 22.6 Å². The summed E-state index contributed by atoms with van der Waals surface area (Å²) in [6.45, 7) is 8.91. The topological polar surface area (TPSA) is 96.7 Å². The van der Waals surface area contributed by atoms with E-state index in [0.29, 0.717) is 69.5 Å². The zero-order valence-corrected chi connectivity index (χ0v) is 17.5. The summed E-state index contributed by atoms with van der Waals surface area (Å²) < 4.78 is 23.7. The number of hydrogen-bond donors (Lipinski definition) is 1. The van der Waals surface area contributed by atoms with E-state index in [2.05, 4.69) is 22.6 Å². The number of Topliss-reactive ketones (excluding diaryl/α,β-unsaturated/α-hetero) is 1. The fourth-order valence-corrected chi connectivity index (χ4v) is 2.24. The first kappa shape index (κ1) is 23.4. The van der Waals surface area contributed by atoms with Crippen LogP contribution in [0.3, 0.4) is 0 Å². The van der Waals surface area contributed by atoms with Crippen molar-refractivity contribution in [2.24, 2.45) is 0 Å². The number of likely N-dealkylation sites (N-methyl/N-ethyl adjacent to an activating group) is 1. The first-order chi connectivity index (χ1) is 12.8. The van der Waals surface area contributed by atoms with Crippen LogP contribution in [0.5, 0.6) is 0 Å². The Balaban J connectivity index is 1.82. The summed E-state index contributed by atoms with van der Waals surface area (Å²) in [5.74, 6) is -0.0200. The third kappa shape index (κ3) is 11.9. The van der Waals surface area contributed by atoms with Gasteiger partial charge in [0.15, 0.2) is 5.78 Å². The number of ketones is 1. The van der Waals surface area contributed by atoms with Crippen LogP contribution < -0.4 is 5.32 Å². The highest BCUT2D eigenvalue weighted by atomic mass is 127. The molecule has 1 aromatic heterocycles. The van der Waals surface area contributed by atoms with E-state index in [-0.39, 0.29) is 5.78 Å². The summed E-state index contributed by atoms with van der Waals surface area (Å²) in [6, 6.07) is 0. The lowest BCUT2D eigenvalue weighted by Gasteiger charge is -2.07. The summed E-state index contributed by atoms with van der Waals surface area (Å²) >= 11 is 2.01. The molecule has 0 spiro atoms. The average molecular weight is 484 g/mol. The van der Waals surface area contributed by atoms with Gasteiger partial charge in [0.05, 0.1) is 70.0 Å². The SMILES string of the molecule is CCNCCOCCOCCOCCOCCn1cc(C(=O)CI)nn1. The molecule has 0 unspecified atom stereocenters. The number of rotatable bonds is 18. The first-order valence-corrected chi connectivity index (χ1v) is 10.3. The van der Waals surface area contributed by atoms with E-state index >= 15 is 0 Å². The monoisotopic (exact) mass is 484 g/mol. The molecule has 0 saturated heterocycles. The molecule has 0 aliphatic rings. The lowest BCUT2D eigenvalue weighted by molar-refractivity contribution is -0.00241. The van der Waals surface area contributed by atoms with Gasteiger partial charge in [-0.25, -0.2) is 4.68 Å². The maximum Gasteiger partial charge on any atom is 0.194 e. The number of carbonyl (C=O) groups excluding carboxylic acids is 1. The van der Waals surface area contributed by atoms with Gasteiger partial charge in [0, 0.05) is 6.54 Å². The highest BCUT2D eigenvalue weighted by Crippen LogP contribution is 1.98. The van der Waals surface area contributed by atoms with E-state index < -0.39 is 0 Å². The molecule has 0 fully saturated rings. The number of carbonyl (C=O) groups is 1. The Hall–Kier alpha value is -0.660. The van der Waals surface area contributed by atoms with E-state index in [0.717, 1.165) is 13.1 Å². The van der Waals surface area contributed by atoms with Crippen LogP contribution in [0.1, 0.15) is 17.4 Å². The van der Waals surface area contributed by atoms with Gasteiger partial charge in [0.25, 0.3) is 0 Å². The molecule has 150 valence electrons. The number of ether oxygens (including phenoxy) is 4. The van der Waals surface area contributed by atoms with Crippen molar-refractivity contribution in [3.63, 3.8) is 0 Å². The second-order valence-electron chi connectivity index (χ2n) is 5.23. The molecule has 10 heteroatoms. The summed E-state index contributed by atoms with van der Waals surface area (Å²) in [5.41, 5.74) is 0.394. The van der Waals surface area contributed by atoms with E-state index in [1.165, 1.54) is 0 Å². The molecule has 0 amide bonds. The van der Waals surface area contributed by atoms with Crippen LogP contribution in [0.15, 0.2) is 6.20 Å². The molecule has 0 aromatic carbocycles. The second-order valence-corrected chi connectivity index (χ2v) is 5.99. The molecule has 0 saturated carbocycles. The smallest absolute Gasteiger partial charge is 0.194 e. The molecule has 1 heterocycles. The molecule has 1 rings (SSSR count). The lowest BCUT2D eigenvalue weighted by atomic mass is 10.3. The van der Waals surface area contributed by atoms with Gasteiger partial charge in [-0.1, -0.05) is 34.7 Å². The van der Waals surface area contributed by atoms with Crippen molar-refractivity contribution >= 4 is 28.4 Å². The maximum atomic E-state index is 11.4. The number of alkyl halides is 1. The third-order valence-corrected chi connectivity index (χ3v) is 3.89. The standard InChI is InChI=1S/C16H29IN4O5/c1-2-18-3-5-23-7-9-25-11-12-26-10-8-24-6-4-21-14-15(19-20-21)16(22)13-17/h14,18H,2-13H2,1H3. The minimum absolute atomic E-state index is 0.0200. The molecule has 0 aliphatic carbocycles. The van der Waals surface area contributed by atoms with Gasteiger partial charge in [-0.05, 0) is 6.54 Å². The van der Waals surface area contributed by atoms with Gasteiger partial charge in [-0.3, -0.25) is 4.79 Å². The molecular weight excluding hydrogens is 455 g/mol. The molecular formula is C16H29IN4O5. The van der Waals surface area contributed by atoms with E-state index in [9.17, 15) is 4.79 Å². The maximum absolute atomic E-state index is 11.4. The van der Waals surface area contributed by atoms with Crippen molar-refractivity contribution < 1.29 is 23.7 Å². The van der Waals surface area contributed by atoms with Gasteiger partial charge in [-0.2, -0.15) is 0 Å². The summed E-state index contributed by atoms with van der Waals surface area (Å²) in [7, 11) is 0. The number of halogens is 1. The van der Waals surface area contributed by atoms with Crippen molar-refractivity contribution in [2.75, 3.05) is 70.4 Å². The highest BCUT2D eigenvalue weighted by molar-refractivity contribution is 14.1. The lowest BCUT2D eigenvalue weighted by Crippen LogP contribution is -2.20. The molecule has 9 nitrogen and oxygen atoms in total. The average Bonchev–Trinajstić information content (AvgIpc) is 3.13. The van der Waals surface area contributed by atoms with Crippen LogP contribution in [0.4, 0.5) is 0 Å². The van der Waals surface area contributed by atoms with Crippen LogP contribution >= 0.6 is 22.6 Å². The Morgan fingerprint density at radius 2 is 1.62 bits per heavy atom. The predicted molar refractivity (Wildman–Crippen MR) is 105 cm³/mol. The Bertz CT molecular complexity index is 475. The summed E-state index contributed by atoms with van der Waals surface area (Å²) in [5, 5.41) is 10.9. The minimum Gasteiger partial charge on any atom is -0.378 e. The number of nitrogens with zero attached hydrogens (tertiary/aromatic N) is 3. The molecule has 0 atom stereocenters. The summed E-state index contributed by atoms with van der Waals surface area (Å²) in [4.78, 5) is 11.4. The normalized spacial score (nSPS) is 11.2. The van der Waals surface area contributed by atoms with E-state index in [4.69, 9.17) is 18.9 Å². The van der Waals surface area contributed by atoms with Gasteiger partial charge >= 0.3 is 0 Å². The van der Waals surface area contributed by atoms with Crippen molar-refractivity contribution in [1.82, 2.24) is 20.3 Å². The van der Waals surface area contributed by atoms with Crippen molar-refractivity contribution in [1.29, 1.82) is 0 Å². The molecule has 1 aromatic rings. The molecule has 26 heavy (non-hydrogen) atoms. The Morgan fingerprint density at radius 1 is 1.04 bits per heavy atom. The predicted octanol–water partition coefficient (Wildman–Crippen LogP) is 0.572. The van der Waals surface area contributed by atoms with Crippen LogP contribution in [0, 0.1) is 0 Å². The van der Waals surface area contributed by atoms with Gasteiger partial charge in [-0.15, -0.1) is 5.10 Å².